The molecule has 4 rings (SSSR count). The number of fused-ring (bicyclic) bond motifs is 1. The molecule has 0 amide bonds. The molecule has 1 aliphatic heterocycles. The molecule has 30 heavy (non-hydrogen) atoms. The Hall–Kier alpha value is -2.57. The zero-order valence-electron chi connectivity index (χ0n) is 17.2. The topological polar surface area (TPSA) is 54.7 Å². The lowest BCUT2D eigenvalue weighted by atomic mass is 9.87. The van der Waals surface area contributed by atoms with Crippen LogP contribution < -0.4 is 4.90 Å². The summed E-state index contributed by atoms with van der Waals surface area (Å²) in [4.78, 5) is 14.4. The molecule has 1 aromatic heterocycles. The van der Waals surface area contributed by atoms with Crippen molar-refractivity contribution >= 4 is 34.2 Å². The van der Waals surface area contributed by atoms with Gasteiger partial charge in [-0.25, -0.2) is 9.18 Å². The average molecular weight is 431 g/mol. The van der Waals surface area contributed by atoms with E-state index in [9.17, 15) is 14.3 Å². The van der Waals surface area contributed by atoms with Crippen LogP contribution in [0, 0.1) is 5.82 Å². The number of hydrogen-bond donors (Lipinski definition) is 1. The summed E-state index contributed by atoms with van der Waals surface area (Å²) in [6.07, 6.45) is 0. The lowest BCUT2D eigenvalue weighted by molar-refractivity contribution is 0.0688. The van der Waals surface area contributed by atoms with Crippen molar-refractivity contribution in [1.82, 2.24) is 4.57 Å². The van der Waals surface area contributed by atoms with E-state index in [2.05, 4.69) is 20.8 Å². The quantitative estimate of drug-likeness (QED) is 0.616. The van der Waals surface area contributed by atoms with Gasteiger partial charge < -0.3 is 19.3 Å². The summed E-state index contributed by atoms with van der Waals surface area (Å²) in [5, 5.41) is 10.6. The molecule has 0 aliphatic carbocycles. The van der Waals surface area contributed by atoms with Gasteiger partial charge in [0.25, 0.3) is 0 Å². The average Bonchev–Trinajstić information content (AvgIpc) is 3.07. The number of anilines is 1. The second kappa shape index (κ2) is 7.60. The lowest BCUT2D eigenvalue weighted by Crippen LogP contribution is -2.37. The fourth-order valence-electron chi connectivity index (χ4n) is 3.97. The third-order valence-electron chi connectivity index (χ3n) is 5.50. The van der Waals surface area contributed by atoms with E-state index in [0.29, 0.717) is 48.6 Å². The Bertz CT molecular complexity index is 1130. The van der Waals surface area contributed by atoms with Crippen LogP contribution in [0.1, 0.15) is 36.8 Å². The van der Waals surface area contributed by atoms with Gasteiger partial charge in [-0.3, -0.25) is 0 Å². The van der Waals surface area contributed by atoms with Gasteiger partial charge in [0.2, 0.25) is 0 Å². The first kappa shape index (κ1) is 20.7. The molecule has 3 aromatic rings. The minimum Gasteiger partial charge on any atom is -0.476 e. The second-order valence-corrected chi connectivity index (χ2v) is 8.87. The number of aromatic nitrogens is 1. The van der Waals surface area contributed by atoms with Crippen molar-refractivity contribution in [3.8, 4) is 5.69 Å². The zero-order valence-corrected chi connectivity index (χ0v) is 18.0. The van der Waals surface area contributed by atoms with Crippen molar-refractivity contribution in [1.29, 1.82) is 0 Å². The number of rotatable bonds is 3. The first-order valence-corrected chi connectivity index (χ1v) is 10.3. The van der Waals surface area contributed by atoms with Gasteiger partial charge in [-0.05, 0) is 35.2 Å². The highest BCUT2D eigenvalue weighted by Crippen LogP contribution is 2.42. The number of nitrogens with zero attached hydrogens (tertiary/aromatic N) is 2. The van der Waals surface area contributed by atoms with E-state index < -0.39 is 11.8 Å². The summed E-state index contributed by atoms with van der Waals surface area (Å²) in [5.74, 6) is -1.67. The summed E-state index contributed by atoms with van der Waals surface area (Å²) in [5.41, 5.74) is 2.73. The van der Waals surface area contributed by atoms with E-state index in [1.54, 1.807) is 10.6 Å². The Morgan fingerprint density at radius 1 is 1.17 bits per heavy atom. The Labute approximate surface area is 179 Å². The smallest absolute Gasteiger partial charge is 0.355 e. The maximum Gasteiger partial charge on any atom is 0.355 e. The van der Waals surface area contributed by atoms with Crippen LogP contribution in [0.2, 0.25) is 5.02 Å². The summed E-state index contributed by atoms with van der Waals surface area (Å²) in [7, 11) is 0. The molecule has 1 fully saturated rings. The number of carboxylic acids is 1. The Morgan fingerprint density at radius 2 is 1.87 bits per heavy atom. The number of halogens is 2. The van der Waals surface area contributed by atoms with Crippen molar-refractivity contribution in [2.45, 2.75) is 26.2 Å². The molecule has 0 atom stereocenters. The maximum atomic E-state index is 14.4. The normalized spacial score (nSPS) is 15.0. The van der Waals surface area contributed by atoms with Crippen molar-refractivity contribution in [2.24, 2.45) is 0 Å². The minimum absolute atomic E-state index is 0.0674. The van der Waals surface area contributed by atoms with Gasteiger partial charge in [-0.15, -0.1) is 0 Å². The zero-order chi connectivity index (χ0) is 21.6. The highest BCUT2D eigenvalue weighted by atomic mass is 35.5. The number of carboxylic acid groups (broad SMARTS) is 1. The fourth-order valence-corrected chi connectivity index (χ4v) is 4.22. The summed E-state index contributed by atoms with van der Waals surface area (Å²) < 4.78 is 21.5. The number of morpholine rings is 1. The molecule has 1 saturated heterocycles. The van der Waals surface area contributed by atoms with E-state index in [0.717, 1.165) is 5.56 Å². The summed E-state index contributed by atoms with van der Waals surface area (Å²) in [6, 6.07) is 10.6. The van der Waals surface area contributed by atoms with Crippen molar-refractivity contribution < 1.29 is 19.0 Å². The first-order valence-electron chi connectivity index (χ1n) is 9.89. The molecular weight excluding hydrogens is 407 g/mol. The first-order chi connectivity index (χ1) is 14.2. The molecule has 1 aliphatic rings. The number of carbonyl (C=O) groups is 1. The van der Waals surface area contributed by atoms with Crippen LogP contribution in [0.5, 0.6) is 0 Å². The van der Waals surface area contributed by atoms with E-state index in [4.69, 9.17) is 16.3 Å². The SMILES string of the molecule is CC(C)(C)c1cccc(-n2c(C(=O)O)c(N3CCOCC3)c3c(Cl)c(F)ccc32)c1. The van der Waals surface area contributed by atoms with Crippen LogP contribution in [0.15, 0.2) is 36.4 Å². The maximum absolute atomic E-state index is 14.4. The van der Waals surface area contributed by atoms with Gasteiger partial charge in [0.15, 0.2) is 5.69 Å². The van der Waals surface area contributed by atoms with Crippen molar-refractivity contribution in [2.75, 3.05) is 31.2 Å². The molecule has 158 valence electrons. The molecule has 2 heterocycles. The van der Waals surface area contributed by atoms with Crippen LogP contribution in [-0.4, -0.2) is 41.9 Å². The molecule has 2 aromatic carbocycles. The lowest BCUT2D eigenvalue weighted by Gasteiger charge is -2.29. The van der Waals surface area contributed by atoms with E-state index in [1.165, 1.54) is 6.07 Å². The van der Waals surface area contributed by atoms with Crippen LogP contribution in [0.3, 0.4) is 0 Å². The van der Waals surface area contributed by atoms with Gasteiger partial charge >= 0.3 is 5.97 Å². The van der Waals surface area contributed by atoms with Gasteiger partial charge in [0.1, 0.15) is 5.82 Å². The predicted octanol–water partition coefficient (Wildman–Crippen LogP) is 5.26. The third-order valence-corrected chi connectivity index (χ3v) is 5.87. The van der Waals surface area contributed by atoms with E-state index in [-0.39, 0.29) is 16.1 Å². The van der Waals surface area contributed by atoms with Gasteiger partial charge in [-0.1, -0.05) is 44.5 Å². The molecule has 0 bridgehead atoms. The van der Waals surface area contributed by atoms with Crippen LogP contribution in [-0.2, 0) is 10.2 Å². The number of hydrogen-bond acceptors (Lipinski definition) is 3. The standard InChI is InChI=1S/C23H24ClFN2O3/c1-23(2,3)14-5-4-6-15(13-14)27-17-8-7-16(25)19(24)18(17)20(21(27)22(28)29)26-9-11-30-12-10-26/h4-8,13H,9-12H2,1-3H3,(H,28,29). The highest BCUT2D eigenvalue weighted by Gasteiger charge is 2.30. The molecule has 7 heteroatoms. The van der Waals surface area contributed by atoms with Gasteiger partial charge in [0, 0.05) is 24.2 Å². The number of aromatic carboxylic acids is 1. The third kappa shape index (κ3) is 3.44. The molecular formula is C23H24ClFN2O3. The summed E-state index contributed by atoms with van der Waals surface area (Å²) >= 11 is 6.39. The van der Waals surface area contributed by atoms with Crippen LogP contribution in [0.25, 0.3) is 16.6 Å². The molecule has 0 unspecified atom stereocenters. The molecule has 0 radical (unpaired) electrons. The molecule has 1 N–H and O–H groups in total. The van der Waals surface area contributed by atoms with Gasteiger partial charge in [0.05, 0.1) is 29.4 Å². The monoisotopic (exact) mass is 430 g/mol. The summed E-state index contributed by atoms with van der Waals surface area (Å²) in [6.45, 7) is 8.26. The minimum atomic E-state index is -1.09. The Balaban J connectivity index is 2.09. The molecule has 0 spiro atoms. The number of benzene rings is 2. The molecule has 0 saturated carbocycles. The second-order valence-electron chi connectivity index (χ2n) is 8.49. The van der Waals surface area contributed by atoms with Crippen molar-refractivity contribution in [3.05, 3.63) is 58.5 Å². The Morgan fingerprint density at radius 3 is 2.50 bits per heavy atom. The number of ether oxygens (including phenoxy) is 1. The largest absolute Gasteiger partial charge is 0.476 e. The van der Waals surface area contributed by atoms with E-state index in [1.807, 2.05) is 29.2 Å². The van der Waals surface area contributed by atoms with Crippen LogP contribution in [0.4, 0.5) is 10.1 Å². The predicted molar refractivity (Wildman–Crippen MR) is 117 cm³/mol. The fraction of sp³-hybridized carbons (Fsp3) is 0.348. The molecule has 5 nitrogen and oxygen atoms in total. The van der Waals surface area contributed by atoms with Crippen LogP contribution >= 0.6 is 11.6 Å². The van der Waals surface area contributed by atoms with Gasteiger partial charge in [-0.2, -0.15) is 0 Å². The van der Waals surface area contributed by atoms with Crippen molar-refractivity contribution in [3.63, 3.8) is 0 Å². The van der Waals surface area contributed by atoms with E-state index >= 15 is 0 Å². The highest BCUT2D eigenvalue weighted by molar-refractivity contribution is 6.37. The Kier molecular flexibility index (Phi) is 5.24.